The van der Waals surface area contributed by atoms with E-state index in [9.17, 15) is 0 Å². The topological polar surface area (TPSA) is 78.9 Å². The lowest BCUT2D eigenvalue weighted by atomic mass is 9.95. The first kappa shape index (κ1) is 8.43. The summed E-state index contributed by atoms with van der Waals surface area (Å²) in [6, 6.07) is 0. The molecule has 1 aromatic rings. The Balaban J connectivity index is 2.27. The average molecular weight is 183 g/mol. The Labute approximate surface area is 76.1 Å². The van der Waals surface area contributed by atoms with Crippen molar-refractivity contribution in [1.29, 1.82) is 0 Å². The maximum absolute atomic E-state index is 5.63. The SMILES string of the molecule is CC1(n2nnnc2N)CCCOC1. The number of rotatable bonds is 1. The van der Waals surface area contributed by atoms with Crippen LogP contribution < -0.4 is 5.73 Å². The zero-order valence-electron chi connectivity index (χ0n) is 7.60. The summed E-state index contributed by atoms with van der Waals surface area (Å²) in [4.78, 5) is 0. The molecule has 72 valence electrons. The van der Waals surface area contributed by atoms with E-state index in [2.05, 4.69) is 22.4 Å². The fourth-order valence-electron chi connectivity index (χ4n) is 1.66. The van der Waals surface area contributed by atoms with Gasteiger partial charge in [-0.15, -0.1) is 0 Å². The fraction of sp³-hybridized carbons (Fsp3) is 0.857. The lowest BCUT2D eigenvalue weighted by Gasteiger charge is -2.32. The van der Waals surface area contributed by atoms with Crippen molar-refractivity contribution in [2.45, 2.75) is 25.3 Å². The van der Waals surface area contributed by atoms with Crippen LogP contribution in [0.15, 0.2) is 0 Å². The number of anilines is 1. The summed E-state index contributed by atoms with van der Waals surface area (Å²) in [5, 5.41) is 11.0. The first-order chi connectivity index (χ1) is 6.22. The monoisotopic (exact) mass is 183 g/mol. The van der Waals surface area contributed by atoms with Gasteiger partial charge in [-0.1, -0.05) is 5.10 Å². The number of nitrogen functional groups attached to an aromatic ring is 1. The highest BCUT2D eigenvalue weighted by atomic mass is 16.5. The molecule has 2 N–H and O–H groups in total. The minimum absolute atomic E-state index is 0.175. The van der Waals surface area contributed by atoms with Crippen molar-refractivity contribution in [3.05, 3.63) is 0 Å². The molecule has 1 aliphatic heterocycles. The largest absolute Gasteiger partial charge is 0.379 e. The number of ether oxygens (including phenoxy) is 1. The van der Waals surface area contributed by atoms with Crippen LogP contribution in [0.4, 0.5) is 5.95 Å². The summed E-state index contributed by atoms with van der Waals surface area (Å²) in [6.07, 6.45) is 2.03. The van der Waals surface area contributed by atoms with Crippen LogP contribution in [-0.2, 0) is 10.3 Å². The molecule has 1 saturated heterocycles. The van der Waals surface area contributed by atoms with Crippen LogP contribution in [-0.4, -0.2) is 33.4 Å². The molecule has 1 fully saturated rings. The van der Waals surface area contributed by atoms with Gasteiger partial charge in [-0.2, -0.15) is 0 Å². The predicted molar refractivity (Wildman–Crippen MR) is 45.9 cm³/mol. The first-order valence-electron chi connectivity index (χ1n) is 4.34. The molecule has 6 nitrogen and oxygen atoms in total. The van der Waals surface area contributed by atoms with Gasteiger partial charge in [0.2, 0.25) is 5.95 Å². The summed E-state index contributed by atoms with van der Waals surface area (Å²) < 4.78 is 7.04. The molecule has 1 atom stereocenters. The van der Waals surface area contributed by atoms with Gasteiger partial charge in [-0.25, -0.2) is 4.68 Å². The highest BCUT2D eigenvalue weighted by Gasteiger charge is 2.32. The van der Waals surface area contributed by atoms with E-state index in [1.54, 1.807) is 4.68 Å². The Morgan fingerprint density at radius 1 is 1.62 bits per heavy atom. The van der Waals surface area contributed by atoms with E-state index >= 15 is 0 Å². The normalized spacial score (nSPS) is 29.0. The van der Waals surface area contributed by atoms with Gasteiger partial charge in [0.1, 0.15) is 0 Å². The highest BCUT2D eigenvalue weighted by molar-refractivity contribution is 5.13. The number of tetrazole rings is 1. The van der Waals surface area contributed by atoms with Crippen molar-refractivity contribution < 1.29 is 4.74 Å². The van der Waals surface area contributed by atoms with Crippen LogP contribution in [0.2, 0.25) is 0 Å². The third-order valence-electron chi connectivity index (χ3n) is 2.42. The molecule has 0 radical (unpaired) electrons. The summed E-state index contributed by atoms with van der Waals surface area (Å²) in [6.45, 7) is 3.50. The molecule has 1 unspecified atom stereocenters. The number of aromatic nitrogens is 4. The van der Waals surface area contributed by atoms with Gasteiger partial charge in [0.05, 0.1) is 12.1 Å². The average Bonchev–Trinajstić information content (AvgIpc) is 2.53. The molecule has 0 saturated carbocycles. The lowest BCUT2D eigenvalue weighted by molar-refractivity contribution is 0.00377. The quantitative estimate of drug-likeness (QED) is 0.651. The number of hydrogen-bond acceptors (Lipinski definition) is 5. The van der Waals surface area contributed by atoms with Crippen LogP contribution in [0, 0.1) is 0 Å². The molecule has 2 heterocycles. The Morgan fingerprint density at radius 3 is 3.00 bits per heavy atom. The smallest absolute Gasteiger partial charge is 0.240 e. The van der Waals surface area contributed by atoms with Crippen molar-refractivity contribution in [3.8, 4) is 0 Å². The van der Waals surface area contributed by atoms with Gasteiger partial charge in [0.15, 0.2) is 0 Å². The van der Waals surface area contributed by atoms with E-state index in [0.717, 1.165) is 19.4 Å². The second-order valence-electron chi connectivity index (χ2n) is 3.60. The molecule has 13 heavy (non-hydrogen) atoms. The maximum atomic E-state index is 5.63. The first-order valence-corrected chi connectivity index (χ1v) is 4.34. The van der Waals surface area contributed by atoms with Crippen LogP contribution in [0.3, 0.4) is 0 Å². The van der Waals surface area contributed by atoms with Crippen molar-refractivity contribution in [2.24, 2.45) is 0 Å². The molecule has 0 aromatic carbocycles. The van der Waals surface area contributed by atoms with Crippen molar-refractivity contribution in [2.75, 3.05) is 18.9 Å². The van der Waals surface area contributed by atoms with Gasteiger partial charge < -0.3 is 10.5 Å². The molecular formula is C7H13N5O. The predicted octanol–water partition coefficient (Wildman–Crippen LogP) is -0.219. The fourth-order valence-corrected chi connectivity index (χ4v) is 1.66. The van der Waals surface area contributed by atoms with E-state index in [0.29, 0.717) is 12.6 Å². The van der Waals surface area contributed by atoms with Crippen LogP contribution in [0.5, 0.6) is 0 Å². The van der Waals surface area contributed by atoms with Crippen molar-refractivity contribution >= 4 is 5.95 Å². The second-order valence-corrected chi connectivity index (χ2v) is 3.60. The summed E-state index contributed by atoms with van der Waals surface area (Å²) in [7, 11) is 0. The Hall–Kier alpha value is -1.17. The minimum atomic E-state index is -0.175. The Bertz CT molecular complexity index is 291. The molecule has 2 rings (SSSR count). The molecule has 0 aliphatic carbocycles. The molecule has 0 bridgehead atoms. The van der Waals surface area contributed by atoms with E-state index in [1.165, 1.54) is 0 Å². The number of hydrogen-bond donors (Lipinski definition) is 1. The van der Waals surface area contributed by atoms with Crippen molar-refractivity contribution in [3.63, 3.8) is 0 Å². The molecule has 0 spiro atoms. The zero-order valence-corrected chi connectivity index (χ0v) is 7.60. The van der Waals surface area contributed by atoms with Gasteiger partial charge in [0, 0.05) is 6.61 Å². The van der Waals surface area contributed by atoms with Gasteiger partial charge in [-0.3, -0.25) is 0 Å². The van der Waals surface area contributed by atoms with E-state index in [1.807, 2.05) is 0 Å². The molecule has 6 heteroatoms. The third-order valence-corrected chi connectivity index (χ3v) is 2.42. The van der Waals surface area contributed by atoms with Crippen LogP contribution in [0.25, 0.3) is 0 Å². The molecule has 0 amide bonds. The van der Waals surface area contributed by atoms with Gasteiger partial charge in [-0.05, 0) is 30.2 Å². The highest BCUT2D eigenvalue weighted by Crippen LogP contribution is 2.26. The summed E-state index contributed by atoms with van der Waals surface area (Å²) in [5.74, 6) is 0.355. The van der Waals surface area contributed by atoms with Crippen LogP contribution in [0.1, 0.15) is 19.8 Å². The molecule has 1 aliphatic rings. The Kier molecular flexibility index (Phi) is 1.91. The van der Waals surface area contributed by atoms with E-state index in [4.69, 9.17) is 10.5 Å². The van der Waals surface area contributed by atoms with Gasteiger partial charge >= 0.3 is 0 Å². The van der Waals surface area contributed by atoms with Gasteiger partial charge in [0.25, 0.3) is 0 Å². The zero-order chi connectivity index (χ0) is 9.31. The summed E-state index contributed by atoms with van der Waals surface area (Å²) >= 11 is 0. The standard InChI is InChI=1S/C7H13N5O/c1-7(3-2-4-13-5-7)12-6(8)9-10-11-12/h2-5H2,1H3,(H2,8,9,11). The number of nitrogens with zero attached hydrogens (tertiary/aromatic N) is 4. The number of nitrogens with two attached hydrogens (primary N) is 1. The maximum Gasteiger partial charge on any atom is 0.240 e. The Morgan fingerprint density at radius 2 is 2.46 bits per heavy atom. The summed E-state index contributed by atoms with van der Waals surface area (Å²) in [5.41, 5.74) is 5.45. The molecule has 1 aromatic heterocycles. The van der Waals surface area contributed by atoms with Crippen molar-refractivity contribution in [1.82, 2.24) is 20.2 Å². The van der Waals surface area contributed by atoms with Crippen LogP contribution >= 0.6 is 0 Å². The van der Waals surface area contributed by atoms with E-state index < -0.39 is 0 Å². The van der Waals surface area contributed by atoms with E-state index in [-0.39, 0.29) is 5.54 Å². The lowest BCUT2D eigenvalue weighted by Crippen LogP contribution is -2.40. The minimum Gasteiger partial charge on any atom is -0.379 e. The second kappa shape index (κ2) is 2.95. The third kappa shape index (κ3) is 1.37. The molecular weight excluding hydrogens is 170 g/mol.